The number of aryl methyl sites for hydroxylation is 1. The Morgan fingerprint density at radius 1 is 1.06 bits per heavy atom. The van der Waals surface area contributed by atoms with Gasteiger partial charge in [-0.3, -0.25) is 4.98 Å². The first-order valence-corrected chi connectivity index (χ1v) is 13.1. The molecule has 1 saturated heterocycles. The van der Waals surface area contributed by atoms with Crippen molar-refractivity contribution in [3.63, 3.8) is 0 Å². The predicted molar refractivity (Wildman–Crippen MR) is 140 cm³/mol. The fraction of sp³-hybridized carbons (Fsp3) is 0.571. The number of hydrogen-bond acceptors (Lipinski definition) is 6. The van der Waals surface area contributed by atoms with Gasteiger partial charge in [0.2, 0.25) is 5.95 Å². The molecule has 7 nitrogen and oxygen atoms in total. The molecule has 0 radical (unpaired) electrons. The highest BCUT2D eigenvalue weighted by atomic mass is 16.2. The quantitative estimate of drug-likeness (QED) is 0.641. The molecule has 1 saturated carbocycles. The summed E-state index contributed by atoms with van der Waals surface area (Å²) in [5.74, 6) is 1.21. The van der Waals surface area contributed by atoms with Crippen LogP contribution in [0.4, 0.5) is 5.95 Å². The zero-order valence-corrected chi connectivity index (χ0v) is 21.8. The van der Waals surface area contributed by atoms with E-state index in [-0.39, 0.29) is 5.92 Å². The number of rotatable bonds is 3. The minimum absolute atomic E-state index is 0.146. The van der Waals surface area contributed by atoms with Crippen LogP contribution in [0, 0.1) is 12.8 Å². The average Bonchev–Trinajstić information content (AvgIpc) is 2.86. The Balaban J connectivity index is 0.000000356. The average molecular weight is 478 g/mol. The van der Waals surface area contributed by atoms with Gasteiger partial charge in [-0.1, -0.05) is 25.3 Å². The van der Waals surface area contributed by atoms with Crippen LogP contribution in [0.2, 0.25) is 0 Å². The van der Waals surface area contributed by atoms with E-state index in [1.165, 1.54) is 32.1 Å². The molecule has 35 heavy (non-hydrogen) atoms. The fourth-order valence-corrected chi connectivity index (χ4v) is 5.32. The lowest BCUT2D eigenvalue weighted by Crippen LogP contribution is -2.53. The lowest BCUT2D eigenvalue weighted by atomic mass is 9.93. The molecule has 2 aliphatic heterocycles. The van der Waals surface area contributed by atoms with Gasteiger partial charge >= 0.3 is 5.91 Å². The SMILES string of the molecule is CC1=Cc2cnc(NC3CCCCC3)nc2C[N+]1(C)C(=O)C1CCN(C)CC1.Cc1ccccn1. The summed E-state index contributed by atoms with van der Waals surface area (Å²) in [6.45, 7) is 6.69. The summed E-state index contributed by atoms with van der Waals surface area (Å²) in [4.78, 5) is 29.1. The van der Waals surface area contributed by atoms with Crippen LogP contribution >= 0.6 is 0 Å². The van der Waals surface area contributed by atoms with E-state index in [0.29, 0.717) is 23.0 Å². The minimum atomic E-state index is 0.146. The van der Waals surface area contributed by atoms with E-state index in [9.17, 15) is 4.79 Å². The number of quaternary nitrogens is 1. The molecule has 1 unspecified atom stereocenters. The second kappa shape index (κ2) is 11.4. The third-order valence-corrected chi connectivity index (χ3v) is 7.81. The molecule has 1 aliphatic carbocycles. The van der Waals surface area contributed by atoms with E-state index in [1.807, 2.05) is 31.3 Å². The van der Waals surface area contributed by atoms with E-state index in [4.69, 9.17) is 4.98 Å². The van der Waals surface area contributed by atoms with Crippen LogP contribution in [0.5, 0.6) is 0 Å². The highest BCUT2D eigenvalue weighted by molar-refractivity contribution is 5.75. The van der Waals surface area contributed by atoms with Crippen molar-refractivity contribution in [2.24, 2.45) is 5.92 Å². The van der Waals surface area contributed by atoms with Gasteiger partial charge in [-0.05, 0) is 64.9 Å². The first-order chi connectivity index (χ1) is 16.8. The van der Waals surface area contributed by atoms with Crippen molar-refractivity contribution >= 4 is 17.9 Å². The number of carbonyl (C=O) groups is 1. The van der Waals surface area contributed by atoms with Gasteiger partial charge < -0.3 is 10.2 Å². The number of pyridine rings is 1. The number of nitrogens with zero attached hydrogens (tertiary/aromatic N) is 5. The van der Waals surface area contributed by atoms with Gasteiger partial charge in [-0.25, -0.2) is 19.2 Å². The molecule has 2 fully saturated rings. The molecule has 7 heteroatoms. The van der Waals surface area contributed by atoms with Crippen LogP contribution in [0.1, 0.15) is 68.8 Å². The molecule has 188 valence electrons. The summed E-state index contributed by atoms with van der Waals surface area (Å²) in [5.41, 5.74) is 4.21. The molecular formula is C28H41N6O+. The lowest BCUT2D eigenvalue weighted by molar-refractivity contribution is -0.812. The molecule has 4 heterocycles. The van der Waals surface area contributed by atoms with Gasteiger partial charge in [0.05, 0.1) is 13.0 Å². The van der Waals surface area contributed by atoms with Crippen molar-refractivity contribution in [3.8, 4) is 0 Å². The molecule has 0 spiro atoms. The molecular weight excluding hydrogens is 436 g/mol. The van der Waals surface area contributed by atoms with Gasteiger partial charge in [-0.15, -0.1) is 0 Å². The normalized spacial score (nSPS) is 23.5. The molecule has 0 aromatic carbocycles. The Morgan fingerprint density at radius 3 is 2.43 bits per heavy atom. The largest absolute Gasteiger partial charge is 0.351 e. The van der Waals surface area contributed by atoms with Crippen LogP contribution in [-0.2, 0) is 11.3 Å². The number of amides is 1. The number of anilines is 1. The summed E-state index contributed by atoms with van der Waals surface area (Å²) in [6.07, 6.45) is 14.0. The highest BCUT2D eigenvalue weighted by Crippen LogP contribution is 2.33. The van der Waals surface area contributed by atoms with Crippen molar-refractivity contribution in [2.45, 2.75) is 71.4 Å². The maximum Gasteiger partial charge on any atom is 0.321 e. The second-order valence-corrected chi connectivity index (χ2v) is 10.6. The number of nitrogens with one attached hydrogen (secondary N) is 1. The molecule has 1 atom stereocenters. The van der Waals surface area contributed by atoms with Gasteiger partial charge in [0.15, 0.2) is 0 Å². The van der Waals surface area contributed by atoms with Crippen LogP contribution < -0.4 is 5.32 Å². The number of carbonyl (C=O) groups excluding carboxylic acids is 1. The summed E-state index contributed by atoms with van der Waals surface area (Å²) < 4.78 is 0.348. The maximum atomic E-state index is 13.5. The Hall–Kier alpha value is -2.64. The Morgan fingerprint density at radius 2 is 1.80 bits per heavy atom. The van der Waals surface area contributed by atoms with Gasteiger partial charge in [-0.2, -0.15) is 0 Å². The summed E-state index contributed by atoms with van der Waals surface area (Å²) in [7, 11) is 4.20. The fourth-order valence-electron chi connectivity index (χ4n) is 5.32. The Bertz CT molecular complexity index is 1020. The predicted octanol–water partition coefficient (Wildman–Crippen LogP) is 4.80. The summed E-state index contributed by atoms with van der Waals surface area (Å²) >= 11 is 0. The first-order valence-electron chi connectivity index (χ1n) is 13.1. The van der Waals surface area contributed by atoms with Crippen LogP contribution in [-0.4, -0.2) is 63.5 Å². The molecule has 1 amide bonds. The van der Waals surface area contributed by atoms with Crippen molar-refractivity contribution in [1.29, 1.82) is 0 Å². The van der Waals surface area contributed by atoms with Crippen molar-refractivity contribution in [2.75, 3.05) is 32.5 Å². The maximum absolute atomic E-state index is 13.5. The first kappa shape index (κ1) is 25.5. The number of hydrogen-bond donors (Lipinski definition) is 1. The van der Waals surface area contributed by atoms with E-state index in [0.717, 1.165) is 54.5 Å². The van der Waals surface area contributed by atoms with Crippen LogP contribution in [0.25, 0.3) is 6.08 Å². The van der Waals surface area contributed by atoms with Crippen LogP contribution in [0.15, 0.2) is 36.3 Å². The Labute approximate surface area is 210 Å². The van der Waals surface area contributed by atoms with Crippen molar-refractivity contribution in [3.05, 3.63) is 53.2 Å². The third kappa shape index (κ3) is 6.33. The molecule has 1 N–H and O–H groups in total. The molecule has 0 bridgehead atoms. The van der Waals surface area contributed by atoms with Gasteiger partial charge in [0.25, 0.3) is 0 Å². The van der Waals surface area contributed by atoms with E-state index in [2.05, 4.69) is 47.3 Å². The highest BCUT2D eigenvalue weighted by Gasteiger charge is 2.43. The van der Waals surface area contributed by atoms with E-state index in [1.54, 1.807) is 6.20 Å². The van der Waals surface area contributed by atoms with Crippen molar-refractivity contribution < 1.29 is 9.28 Å². The summed E-state index contributed by atoms with van der Waals surface area (Å²) in [6, 6.07) is 6.34. The molecule has 5 rings (SSSR count). The molecule has 2 aromatic rings. The third-order valence-electron chi connectivity index (χ3n) is 7.81. The van der Waals surface area contributed by atoms with Gasteiger partial charge in [0, 0.05) is 42.7 Å². The zero-order chi connectivity index (χ0) is 24.8. The van der Waals surface area contributed by atoms with Crippen molar-refractivity contribution in [1.82, 2.24) is 19.9 Å². The number of aromatic nitrogens is 3. The van der Waals surface area contributed by atoms with E-state index < -0.39 is 0 Å². The topological polar surface area (TPSA) is 71.0 Å². The lowest BCUT2D eigenvalue weighted by Gasteiger charge is -2.39. The number of piperidine rings is 1. The smallest absolute Gasteiger partial charge is 0.321 e. The minimum Gasteiger partial charge on any atom is -0.351 e. The van der Waals surface area contributed by atoms with E-state index >= 15 is 0 Å². The Kier molecular flexibility index (Phi) is 8.29. The summed E-state index contributed by atoms with van der Waals surface area (Å²) in [5, 5.41) is 3.53. The molecule has 3 aliphatic rings. The van der Waals surface area contributed by atoms with Gasteiger partial charge in [0.1, 0.15) is 17.9 Å². The molecule has 2 aromatic heterocycles. The standard InChI is InChI=1S/C22H34N5O.C6H7N/c1-16-13-18-14-23-22(24-19-7-5-4-6-8-19)25-20(18)15-27(16,3)21(28)17-9-11-26(2)12-10-17;1-6-4-2-3-5-7-6/h13-14,17,19H,4-12,15H2,1-3H3,(H,23,24,25);2-5H,1H3/q+1;. The number of fused-ring (bicyclic) bond motifs is 1. The number of allylic oxidation sites excluding steroid dienone is 1. The van der Waals surface area contributed by atoms with Crippen LogP contribution in [0.3, 0.4) is 0 Å². The number of likely N-dealkylation sites (tertiary alicyclic amines) is 1. The second-order valence-electron chi connectivity index (χ2n) is 10.6. The monoisotopic (exact) mass is 477 g/mol. The zero-order valence-electron chi connectivity index (χ0n) is 21.8.